The highest BCUT2D eigenvalue weighted by atomic mass is 32.2. The van der Waals surface area contributed by atoms with Gasteiger partial charge in [-0.15, -0.1) is 0 Å². The fourth-order valence-electron chi connectivity index (χ4n) is 3.50. The Morgan fingerprint density at radius 2 is 1.93 bits per heavy atom. The second-order valence-electron chi connectivity index (χ2n) is 7.76. The minimum atomic E-state index is -3.08. The van der Waals surface area contributed by atoms with Gasteiger partial charge in [0.05, 0.1) is 5.75 Å². The van der Waals surface area contributed by atoms with Gasteiger partial charge in [0.1, 0.15) is 0 Å². The summed E-state index contributed by atoms with van der Waals surface area (Å²) in [7, 11) is 0.852. The van der Waals surface area contributed by atoms with Crippen LogP contribution in [0.15, 0.2) is 35.3 Å². The van der Waals surface area contributed by atoms with Crippen molar-refractivity contribution in [3.8, 4) is 0 Å². The Morgan fingerprint density at radius 3 is 2.52 bits per heavy atom. The smallest absolute Gasteiger partial charge is 0.213 e. The molecule has 0 aromatic heterocycles. The molecule has 0 saturated carbocycles. The van der Waals surface area contributed by atoms with E-state index in [-0.39, 0.29) is 11.8 Å². The van der Waals surface area contributed by atoms with Gasteiger partial charge in [0.25, 0.3) is 0 Å². The van der Waals surface area contributed by atoms with Crippen molar-refractivity contribution in [1.29, 1.82) is 0 Å². The van der Waals surface area contributed by atoms with Gasteiger partial charge in [0.2, 0.25) is 10.0 Å². The van der Waals surface area contributed by atoms with E-state index in [4.69, 9.17) is 0 Å². The molecule has 0 amide bonds. The molecule has 1 heterocycles. The Labute approximate surface area is 176 Å². The molecule has 1 aliphatic heterocycles. The zero-order valence-electron chi connectivity index (χ0n) is 18.3. The molecule has 1 atom stereocenters. The third kappa shape index (κ3) is 7.60. The molecule has 164 valence electrons. The lowest BCUT2D eigenvalue weighted by Crippen LogP contribution is -2.50. The highest BCUT2D eigenvalue weighted by molar-refractivity contribution is 7.89. The summed E-state index contributed by atoms with van der Waals surface area (Å²) in [5.74, 6) is 0.963. The summed E-state index contributed by atoms with van der Waals surface area (Å²) in [5, 5.41) is 6.84. The maximum absolute atomic E-state index is 12.0. The highest BCUT2D eigenvalue weighted by Crippen LogP contribution is 2.14. The number of sulfonamides is 1. The summed E-state index contributed by atoms with van der Waals surface area (Å²) in [4.78, 5) is 6.68. The molecule has 1 aliphatic rings. The molecule has 0 aliphatic carbocycles. The minimum absolute atomic E-state index is 0.172. The van der Waals surface area contributed by atoms with Gasteiger partial charge in [-0.25, -0.2) is 12.7 Å². The van der Waals surface area contributed by atoms with Crippen LogP contribution in [0.2, 0.25) is 0 Å². The number of nitrogens with one attached hydrogen (secondary N) is 2. The first-order valence-corrected chi connectivity index (χ1v) is 12.2. The lowest BCUT2D eigenvalue weighted by molar-refractivity contribution is 0.238. The summed E-state index contributed by atoms with van der Waals surface area (Å²) in [6, 6.07) is 11.2. The monoisotopic (exact) mass is 423 g/mol. The third-order valence-corrected chi connectivity index (χ3v) is 7.54. The lowest BCUT2D eigenvalue weighted by Gasteiger charge is -2.32. The lowest BCUT2D eigenvalue weighted by atomic mass is 10.1. The zero-order valence-corrected chi connectivity index (χ0v) is 19.1. The predicted molar refractivity (Wildman–Crippen MR) is 121 cm³/mol. The molecule has 1 unspecified atom stereocenters. The molecule has 0 bridgehead atoms. The van der Waals surface area contributed by atoms with E-state index in [0.29, 0.717) is 19.1 Å². The molecule has 8 heteroatoms. The van der Waals surface area contributed by atoms with Crippen molar-refractivity contribution >= 4 is 16.0 Å². The Kier molecular flexibility index (Phi) is 9.39. The molecular formula is C21H37N5O2S. The highest BCUT2D eigenvalue weighted by Gasteiger charge is 2.27. The normalized spacial score (nSPS) is 18.0. The van der Waals surface area contributed by atoms with Gasteiger partial charge in [0, 0.05) is 45.3 Å². The minimum Gasteiger partial charge on any atom is -0.356 e. The maximum atomic E-state index is 12.0. The molecule has 0 spiro atoms. The summed E-state index contributed by atoms with van der Waals surface area (Å²) in [6.45, 7) is 6.87. The summed E-state index contributed by atoms with van der Waals surface area (Å²) < 4.78 is 25.6. The van der Waals surface area contributed by atoms with Crippen molar-refractivity contribution in [2.24, 2.45) is 4.99 Å². The number of piperidine rings is 1. The summed E-state index contributed by atoms with van der Waals surface area (Å²) in [5.41, 5.74) is 1.32. The molecule has 0 radical (unpaired) electrons. The number of aliphatic imine (C=N–C) groups is 1. The molecule has 1 aromatic carbocycles. The number of benzene rings is 1. The van der Waals surface area contributed by atoms with E-state index in [1.165, 1.54) is 5.56 Å². The Hall–Kier alpha value is -1.64. The predicted octanol–water partition coefficient (Wildman–Crippen LogP) is 1.88. The van der Waals surface area contributed by atoms with E-state index >= 15 is 0 Å². The van der Waals surface area contributed by atoms with Crippen molar-refractivity contribution < 1.29 is 8.42 Å². The SMILES string of the molecule is CCS(=O)(=O)N1CCC(NC(=NC)NCCC(C)N(C)Cc2ccccc2)CC1. The van der Waals surface area contributed by atoms with Crippen LogP contribution in [0.1, 0.15) is 38.7 Å². The third-order valence-electron chi connectivity index (χ3n) is 5.66. The number of guanidine groups is 1. The first-order valence-electron chi connectivity index (χ1n) is 10.5. The van der Waals surface area contributed by atoms with Crippen LogP contribution in [0.3, 0.4) is 0 Å². The summed E-state index contributed by atoms with van der Waals surface area (Å²) >= 11 is 0. The standard InChI is InChI=1S/C21H37N5O2S/c1-5-29(27,28)26-15-12-20(13-16-26)24-21(22-3)23-14-11-18(2)25(4)17-19-9-7-6-8-10-19/h6-10,18,20H,5,11-17H2,1-4H3,(H2,22,23,24). The zero-order chi connectivity index (χ0) is 21.3. The molecule has 1 fully saturated rings. The maximum Gasteiger partial charge on any atom is 0.213 e. The van der Waals surface area contributed by atoms with Crippen LogP contribution in [-0.4, -0.2) is 75.1 Å². The van der Waals surface area contributed by atoms with Crippen LogP contribution in [0, 0.1) is 0 Å². The Bertz CT molecular complexity index is 731. The van der Waals surface area contributed by atoms with Gasteiger partial charge in [-0.3, -0.25) is 9.89 Å². The van der Waals surface area contributed by atoms with E-state index in [0.717, 1.165) is 38.3 Å². The molecule has 2 rings (SSSR count). The average molecular weight is 424 g/mol. The van der Waals surface area contributed by atoms with Crippen molar-refractivity contribution in [2.45, 2.75) is 51.7 Å². The van der Waals surface area contributed by atoms with Crippen LogP contribution < -0.4 is 10.6 Å². The van der Waals surface area contributed by atoms with Crippen LogP contribution in [0.5, 0.6) is 0 Å². The largest absolute Gasteiger partial charge is 0.356 e. The van der Waals surface area contributed by atoms with Gasteiger partial charge >= 0.3 is 0 Å². The molecule has 7 nitrogen and oxygen atoms in total. The van der Waals surface area contributed by atoms with E-state index in [2.05, 4.69) is 58.8 Å². The Balaban J connectivity index is 1.70. The van der Waals surface area contributed by atoms with Crippen LogP contribution in [0.4, 0.5) is 0 Å². The molecular weight excluding hydrogens is 386 g/mol. The van der Waals surface area contributed by atoms with E-state index in [1.54, 1.807) is 18.3 Å². The molecule has 1 aromatic rings. The van der Waals surface area contributed by atoms with Gasteiger partial charge < -0.3 is 10.6 Å². The molecule has 29 heavy (non-hydrogen) atoms. The van der Waals surface area contributed by atoms with Crippen LogP contribution in [0.25, 0.3) is 0 Å². The topological polar surface area (TPSA) is 77.0 Å². The van der Waals surface area contributed by atoms with Crippen LogP contribution in [-0.2, 0) is 16.6 Å². The fourth-order valence-corrected chi connectivity index (χ4v) is 4.63. The van der Waals surface area contributed by atoms with Gasteiger partial charge in [-0.1, -0.05) is 30.3 Å². The second kappa shape index (κ2) is 11.5. The fraction of sp³-hybridized carbons (Fsp3) is 0.667. The van der Waals surface area contributed by atoms with Gasteiger partial charge in [-0.2, -0.15) is 0 Å². The van der Waals surface area contributed by atoms with Gasteiger partial charge in [-0.05, 0) is 45.7 Å². The summed E-state index contributed by atoms with van der Waals surface area (Å²) in [6.07, 6.45) is 2.61. The van der Waals surface area contributed by atoms with E-state index in [9.17, 15) is 8.42 Å². The van der Waals surface area contributed by atoms with Crippen LogP contribution >= 0.6 is 0 Å². The first-order chi connectivity index (χ1) is 13.9. The van der Waals surface area contributed by atoms with Gasteiger partial charge in [0.15, 0.2) is 5.96 Å². The Morgan fingerprint density at radius 1 is 1.28 bits per heavy atom. The molecule has 2 N–H and O–H groups in total. The van der Waals surface area contributed by atoms with E-state index < -0.39 is 10.0 Å². The number of hydrogen-bond acceptors (Lipinski definition) is 4. The number of hydrogen-bond donors (Lipinski definition) is 2. The van der Waals surface area contributed by atoms with E-state index in [1.807, 2.05) is 6.07 Å². The first kappa shape index (κ1) is 23.6. The molecule has 1 saturated heterocycles. The average Bonchev–Trinajstić information content (AvgIpc) is 2.74. The van der Waals surface area contributed by atoms with Crippen molar-refractivity contribution in [3.63, 3.8) is 0 Å². The van der Waals surface area contributed by atoms with Crippen molar-refractivity contribution in [3.05, 3.63) is 35.9 Å². The quantitative estimate of drug-likeness (QED) is 0.468. The second-order valence-corrected chi connectivity index (χ2v) is 10.0. The number of nitrogens with zero attached hydrogens (tertiary/aromatic N) is 3. The van der Waals surface area contributed by atoms with Crippen molar-refractivity contribution in [1.82, 2.24) is 19.8 Å². The van der Waals surface area contributed by atoms with Crippen molar-refractivity contribution in [2.75, 3.05) is 39.5 Å². The number of rotatable bonds is 9.